The molecule has 1 aromatic heterocycles. The fourth-order valence-corrected chi connectivity index (χ4v) is 3.09. The van der Waals surface area contributed by atoms with Crippen LogP contribution in [0.4, 0.5) is 4.39 Å². The van der Waals surface area contributed by atoms with Gasteiger partial charge in [0, 0.05) is 30.6 Å². The second-order valence-corrected chi connectivity index (χ2v) is 7.09. The zero-order valence-electron chi connectivity index (χ0n) is 15.7. The van der Waals surface area contributed by atoms with E-state index in [0.717, 1.165) is 24.4 Å². The van der Waals surface area contributed by atoms with Crippen molar-refractivity contribution >= 4 is 17.3 Å². The highest BCUT2D eigenvalue weighted by Crippen LogP contribution is 2.13. The van der Waals surface area contributed by atoms with Gasteiger partial charge in [-0.1, -0.05) is 6.92 Å². The molecule has 6 nitrogen and oxygen atoms in total. The molecule has 148 valence electrons. The van der Waals surface area contributed by atoms with Crippen molar-refractivity contribution in [1.82, 2.24) is 15.6 Å². The summed E-state index contributed by atoms with van der Waals surface area (Å²) in [5.74, 6) is 0.836. The Morgan fingerprint density at radius 2 is 2.07 bits per heavy atom. The molecule has 0 aliphatic rings. The van der Waals surface area contributed by atoms with Gasteiger partial charge in [0.15, 0.2) is 5.96 Å². The van der Waals surface area contributed by atoms with E-state index in [9.17, 15) is 9.50 Å². The number of benzene rings is 1. The van der Waals surface area contributed by atoms with Crippen molar-refractivity contribution in [2.75, 3.05) is 26.2 Å². The first kappa shape index (κ1) is 21.1. The molecule has 1 atom stereocenters. The molecule has 0 bridgehead atoms. The van der Waals surface area contributed by atoms with Crippen molar-refractivity contribution in [2.45, 2.75) is 32.8 Å². The van der Waals surface area contributed by atoms with Crippen molar-refractivity contribution < 1.29 is 14.2 Å². The van der Waals surface area contributed by atoms with Crippen LogP contribution in [0.2, 0.25) is 0 Å². The molecule has 2 rings (SSSR count). The fraction of sp³-hybridized carbons (Fsp3) is 0.474. The third-order valence-electron chi connectivity index (χ3n) is 3.64. The smallest absolute Gasteiger partial charge is 0.191 e. The SMILES string of the molecule is CCNC(=NCC(O)COc1ccc(F)cc1)NCCc1ncc(CC)s1. The largest absolute Gasteiger partial charge is 0.491 e. The maximum absolute atomic E-state index is 12.9. The monoisotopic (exact) mass is 394 g/mol. The van der Waals surface area contributed by atoms with Gasteiger partial charge in [0.1, 0.15) is 24.3 Å². The molecule has 0 amide bonds. The molecule has 2 aromatic rings. The minimum absolute atomic E-state index is 0.0907. The summed E-state index contributed by atoms with van der Waals surface area (Å²) in [5.41, 5.74) is 0. The van der Waals surface area contributed by atoms with Crippen molar-refractivity contribution in [1.29, 1.82) is 0 Å². The van der Waals surface area contributed by atoms with E-state index in [1.54, 1.807) is 11.3 Å². The number of aliphatic hydroxyl groups excluding tert-OH is 1. The van der Waals surface area contributed by atoms with E-state index < -0.39 is 6.10 Å². The Hall–Kier alpha value is -2.19. The van der Waals surface area contributed by atoms with Gasteiger partial charge in [-0.25, -0.2) is 9.37 Å². The molecule has 27 heavy (non-hydrogen) atoms. The minimum atomic E-state index is -0.753. The summed E-state index contributed by atoms with van der Waals surface area (Å²) >= 11 is 1.73. The lowest BCUT2D eigenvalue weighted by atomic mass is 10.3. The van der Waals surface area contributed by atoms with Gasteiger partial charge in [-0.15, -0.1) is 11.3 Å². The highest BCUT2D eigenvalue weighted by molar-refractivity contribution is 7.11. The van der Waals surface area contributed by atoms with E-state index >= 15 is 0 Å². The first-order valence-corrected chi connectivity index (χ1v) is 9.94. The molecule has 1 aromatic carbocycles. The van der Waals surface area contributed by atoms with E-state index in [2.05, 4.69) is 27.5 Å². The van der Waals surface area contributed by atoms with Crippen LogP contribution in [0.3, 0.4) is 0 Å². The number of hydrogen-bond donors (Lipinski definition) is 3. The Labute approximate surface area is 163 Å². The van der Waals surface area contributed by atoms with Crippen LogP contribution >= 0.6 is 11.3 Å². The molecule has 1 heterocycles. The van der Waals surface area contributed by atoms with Gasteiger partial charge in [0.25, 0.3) is 0 Å². The molecule has 0 saturated heterocycles. The van der Waals surface area contributed by atoms with E-state index in [1.165, 1.54) is 29.1 Å². The number of hydrogen-bond acceptors (Lipinski definition) is 5. The number of ether oxygens (including phenoxy) is 1. The summed E-state index contributed by atoms with van der Waals surface area (Å²) < 4.78 is 18.3. The summed E-state index contributed by atoms with van der Waals surface area (Å²) in [7, 11) is 0. The van der Waals surface area contributed by atoms with Gasteiger partial charge in [-0.2, -0.15) is 0 Å². The Morgan fingerprint density at radius 3 is 2.74 bits per heavy atom. The number of nitrogens with one attached hydrogen (secondary N) is 2. The molecule has 0 fully saturated rings. The molecule has 0 radical (unpaired) electrons. The normalized spacial score (nSPS) is 12.7. The van der Waals surface area contributed by atoms with Crippen LogP contribution in [-0.4, -0.2) is 48.4 Å². The third kappa shape index (κ3) is 7.92. The van der Waals surface area contributed by atoms with E-state index in [1.807, 2.05) is 13.1 Å². The maximum atomic E-state index is 12.9. The summed E-state index contributed by atoms with van der Waals surface area (Å²) in [6.45, 7) is 5.84. The van der Waals surface area contributed by atoms with Crippen LogP contribution in [0.1, 0.15) is 23.7 Å². The quantitative estimate of drug-likeness (QED) is 0.426. The average Bonchev–Trinajstić information content (AvgIpc) is 3.13. The third-order valence-corrected chi connectivity index (χ3v) is 4.84. The second-order valence-electron chi connectivity index (χ2n) is 5.89. The van der Waals surface area contributed by atoms with Gasteiger partial charge < -0.3 is 20.5 Å². The zero-order valence-corrected chi connectivity index (χ0v) is 16.6. The molecule has 0 spiro atoms. The number of rotatable bonds is 10. The molecule has 0 aliphatic heterocycles. The van der Waals surface area contributed by atoms with Crippen LogP contribution in [-0.2, 0) is 12.8 Å². The molecule has 1 unspecified atom stereocenters. The van der Waals surface area contributed by atoms with Crippen molar-refractivity contribution in [3.63, 3.8) is 0 Å². The maximum Gasteiger partial charge on any atom is 0.191 e. The van der Waals surface area contributed by atoms with Gasteiger partial charge in [-0.05, 0) is 37.6 Å². The van der Waals surface area contributed by atoms with Crippen LogP contribution in [0.15, 0.2) is 35.5 Å². The van der Waals surface area contributed by atoms with Crippen LogP contribution in [0, 0.1) is 5.82 Å². The second kappa shape index (κ2) is 11.5. The number of thiazole rings is 1. The highest BCUT2D eigenvalue weighted by Gasteiger charge is 2.07. The first-order valence-electron chi connectivity index (χ1n) is 9.12. The predicted molar refractivity (Wildman–Crippen MR) is 107 cm³/mol. The van der Waals surface area contributed by atoms with Crippen molar-refractivity contribution in [2.24, 2.45) is 4.99 Å². The van der Waals surface area contributed by atoms with Crippen LogP contribution in [0.5, 0.6) is 5.75 Å². The number of aromatic nitrogens is 1. The van der Waals surface area contributed by atoms with E-state index in [0.29, 0.717) is 18.3 Å². The molecular formula is C19H27FN4O2S. The summed E-state index contributed by atoms with van der Waals surface area (Å²) in [6, 6.07) is 5.69. The molecular weight excluding hydrogens is 367 g/mol. The van der Waals surface area contributed by atoms with Crippen LogP contribution < -0.4 is 15.4 Å². The number of nitrogens with zero attached hydrogens (tertiary/aromatic N) is 2. The average molecular weight is 395 g/mol. The van der Waals surface area contributed by atoms with E-state index in [4.69, 9.17) is 4.74 Å². The number of aliphatic imine (C=N–C) groups is 1. The summed E-state index contributed by atoms with van der Waals surface area (Å²) in [6.07, 6.45) is 3.01. The lowest BCUT2D eigenvalue weighted by Gasteiger charge is -2.13. The van der Waals surface area contributed by atoms with Gasteiger partial charge in [0.05, 0.1) is 11.6 Å². The standard InChI is InChI=1S/C19H27FN4O2S/c1-3-17-12-23-18(27-17)9-10-22-19(21-4-2)24-11-15(25)13-26-16-7-5-14(20)6-8-16/h5-8,12,15,25H,3-4,9-11,13H2,1-2H3,(H2,21,22,24). The Bertz CT molecular complexity index is 706. The summed E-state index contributed by atoms with van der Waals surface area (Å²) in [4.78, 5) is 10.1. The van der Waals surface area contributed by atoms with E-state index in [-0.39, 0.29) is 19.0 Å². The highest BCUT2D eigenvalue weighted by atomic mass is 32.1. The lowest BCUT2D eigenvalue weighted by molar-refractivity contribution is 0.114. The molecule has 3 N–H and O–H groups in total. The Kier molecular flexibility index (Phi) is 9.00. The number of aryl methyl sites for hydroxylation is 1. The van der Waals surface area contributed by atoms with Gasteiger partial charge >= 0.3 is 0 Å². The van der Waals surface area contributed by atoms with Crippen molar-refractivity contribution in [3.8, 4) is 5.75 Å². The molecule has 0 saturated carbocycles. The summed E-state index contributed by atoms with van der Waals surface area (Å²) in [5, 5.41) is 17.5. The van der Waals surface area contributed by atoms with Crippen molar-refractivity contribution in [3.05, 3.63) is 46.2 Å². The Morgan fingerprint density at radius 1 is 1.30 bits per heavy atom. The molecule has 0 aliphatic carbocycles. The van der Waals surface area contributed by atoms with Crippen LogP contribution in [0.25, 0.3) is 0 Å². The predicted octanol–water partition coefficient (Wildman–Crippen LogP) is 2.38. The fourth-order valence-electron chi connectivity index (χ4n) is 2.23. The topological polar surface area (TPSA) is 78.8 Å². The number of halogens is 1. The Balaban J connectivity index is 1.74. The van der Waals surface area contributed by atoms with Gasteiger partial charge in [0.2, 0.25) is 0 Å². The number of guanidine groups is 1. The number of aliphatic hydroxyl groups is 1. The first-order chi connectivity index (χ1) is 13.1. The zero-order chi connectivity index (χ0) is 19.5. The lowest BCUT2D eigenvalue weighted by Crippen LogP contribution is -2.39. The molecule has 8 heteroatoms. The minimum Gasteiger partial charge on any atom is -0.491 e. The van der Waals surface area contributed by atoms with Gasteiger partial charge in [-0.3, -0.25) is 4.99 Å².